The maximum atomic E-state index is 16.0. The normalized spacial score (nSPS) is 14.0. The van der Waals surface area contributed by atoms with Crippen LogP contribution in [0.2, 0.25) is 0 Å². The Kier molecular flexibility index (Phi) is 10.2. The maximum absolute atomic E-state index is 16.0. The van der Waals surface area contributed by atoms with Crippen LogP contribution in [0.3, 0.4) is 0 Å². The molecule has 44 heavy (non-hydrogen) atoms. The van der Waals surface area contributed by atoms with Gasteiger partial charge >= 0.3 is 12.1 Å². The Labute approximate surface area is 260 Å². The zero-order valence-electron chi connectivity index (χ0n) is 26.9. The number of alkyl carbamates (subject to hydrolysis) is 1. The number of hydrogen-bond acceptors (Lipinski definition) is 6. The Morgan fingerprint density at radius 1 is 0.932 bits per heavy atom. The van der Waals surface area contributed by atoms with Crippen molar-refractivity contribution < 1.29 is 28.2 Å². The quantitative estimate of drug-likeness (QED) is 0.214. The zero-order chi connectivity index (χ0) is 32.1. The lowest BCUT2D eigenvalue weighted by Gasteiger charge is -2.22. The number of hydrogen-bond donors (Lipinski definition) is 2. The first-order chi connectivity index (χ1) is 20.7. The number of anilines is 1. The summed E-state index contributed by atoms with van der Waals surface area (Å²) >= 11 is 0. The van der Waals surface area contributed by atoms with Gasteiger partial charge in [0.05, 0.1) is 12.5 Å². The van der Waals surface area contributed by atoms with Gasteiger partial charge in [-0.05, 0) is 103 Å². The second-order valence-electron chi connectivity index (χ2n) is 13.5. The third-order valence-corrected chi connectivity index (χ3v) is 6.95. The fraction of sp³-hybridized carbons (Fsp3) is 0.444. The Morgan fingerprint density at radius 3 is 2.32 bits per heavy atom. The molecule has 3 aromatic carbocycles. The molecule has 1 saturated carbocycles. The minimum Gasteiger partial charge on any atom is -0.489 e. The highest BCUT2D eigenvalue weighted by molar-refractivity contribution is 5.74. The van der Waals surface area contributed by atoms with Crippen molar-refractivity contribution in [1.29, 1.82) is 0 Å². The molecule has 0 saturated heterocycles. The van der Waals surface area contributed by atoms with Gasteiger partial charge in [-0.2, -0.15) is 0 Å². The topological polar surface area (TPSA) is 85.9 Å². The molecule has 0 bridgehead atoms. The lowest BCUT2D eigenvalue weighted by Crippen LogP contribution is -2.34. The Hall–Kier alpha value is -4.07. The number of carbonyl (C=O) groups is 2. The smallest absolute Gasteiger partial charge is 0.408 e. The summed E-state index contributed by atoms with van der Waals surface area (Å²) in [5.41, 5.74) is 2.68. The van der Waals surface area contributed by atoms with Gasteiger partial charge in [-0.25, -0.2) is 9.18 Å². The van der Waals surface area contributed by atoms with Crippen molar-refractivity contribution in [3.63, 3.8) is 0 Å². The third-order valence-electron chi connectivity index (χ3n) is 6.95. The monoisotopic (exact) mass is 604 g/mol. The van der Waals surface area contributed by atoms with Gasteiger partial charge in [0.25, 0.3) is 0 Å². The summed E-state index contributed by atoms with van der Waals surface area (Å²) in [6.07, 6.45) is 1.90. The summed E-state index contributed by atoms with van der Waals surface area (Å²) < 4.78 is 33.1. The number of halogens is 1. The first kappa shape index (κ1) is 32.8. The Morgan fingerprint density at radius 2 is 1.64 bits per heavy atom. The lowest BCUT2D eigenvalue weighted by atomic mass is 9.97. The van der Waals surface area contributed by atoms with Gasteiger partial charge in [0.15, 0.2) is 0 Å². The molecule has 2 N–H and O–H groups in total. The van der Waals surface area contributed by atoms with E-state index in [9.17, 15) is 9.59 Å². The third kappa shape index (κ3) is 10.00. The van der Waals surface area contributed by atoms with E-state index < -0.39 is 29.2 Å². The first-order valence-corrected chi connectivity index (χ1v) is 15.3. The standard InChI is InChI=1S/C36H45FN2O5/c1-23(39-34(41)44-36(5,6)7)29-12-10-13-30(33(29)37)27-17-25(18-28(19-27)38-21-24-15-16-24)22-42-31-14-9-8-11-26(31)20-32(40)43-35(2,3)4/h8-14,17-19,23-24,38H,15-16,20-22H2,1-7H3,(H,39,41). The van der Waals surface area contributed by atoms with Crippen LogP contribution in [0.5, 0.6) is 5.75 Å². The molecule has 1 aliphatic carbocycles. The van der Waals surface area contributed by atoms with E-state index in [4.69, 9.17) is 14.2 Å². The molecule has 0 heterocycles. The van der Waals surface area contributed by atoms with E-state index in [2.05, 4.69) is 10.6 Å². The Bertz CT molecular complexity index is 1470. The van der Waals surface area contributed by atoms with E-state index in [-0.39, 0.29) is 19.0 Å². The predicted octanol–water partition coefficient (Wildman–Crippen LogP) is 8.36. The van der Waals surface area contributed by atoms with Crippen molar-refractivity contribution in [1.82, 2.24) is 5.32 Å². The molecule has 0 aliphatic heterocycles. The highest BCUT2D eigenvalue weighted by Gasteiger charge is 2.23. The molecular weight excluding hydrogens is 559 g/mol. The van der Waals surface area contributed by atoms with Gasteiger partial charge in [-0.1, -0.05) is 36.4 Å². The van der Waals surface area contributed by atoms with Crippen LogP contribution in [0, 0.1) is 11.7 Å². The molecule has 0 aromatic heterocycles. The summed E-state index contributed by atoms with van der Waals surface area (Å²) in [6.45, 7) is 13.7. The van der Waals surface area contributed by atoms with Crippen molar-refractivity contribution in [2.75, 3.05) is 11.9 Å². The molecule has 1 unspecified atom stereocenters. The number of carbonyl (C=O) groups excluding carboxylic acids is 2. The van der Waals surface area contributed by atoms with Gasteiger partial charge in [0.1, 0.15) is 29.4 Å². The number of benzene rings is 3. The highest BCUT2D eigenvalue weighted by atomic mass is 19.1. The SMILES string of the molecule is CC(NC(=O)OC(C)(C)C)c1cccc(-c2cc(COc3ccccc3CC(=O)OC(C)(C)C)cc(NCC3CC3)c2)c1F. The summed E-state index contributed by atoms with van der Waals surface area (Å²) in [7, 11) is 0. The molecule has 0 radical (unpaired) electrons. The fourth-order valence-corrected chi connectivity index (χ4v) is 4.77. The van der Waals surface area contributed by atoms with Crippen molar-refractivity contribution in [3.8, 4) is 16.9 Å². The molecule has 1 amide bonds. The fourth-order valence-electron chi connectivity index (χ4n) is 4.77. The van der Waals surface area contributed by atoms with Gasteiger partial charge in [-0.3, -0.25) is 4.79 Å². The predicted molar refractivity (Wildman–Crippen MR) is 171 cm³/mol. The van der Waals surface area contributed by atoms with Crippen LogP contribution in [0.1, 0.15) is 84.0 Å². The molecule has 1 aliphatic rings. The second kappa shape index (κ2) is 13.7. The molecule has 8 heteroatoms. The molecule has 236 valence electrons. The van der Waals surface area contributed by atoms with Crippen molar-refractivity contribution >= 4 is 17.7 Å². The summed E-state index contributed by atoms with van der Waals surface area (Å²) in [6, 6.07) is 17.9. The van der Waals surface area contributed by atoms with Crippen LogP contribution in [0.4, 0.5) is 14.9 Å². The summed E-state index contributed by atoms with van der Waals surface area (Å²) in [5, 5.41) is 6.24. The minimum absolute atomic E-state index is 0.0925. The van der Waals surface area contributed by atoms with Crippen LogP contribution in [0.15, 0.2) is 60.7 Å². The number of nitrogens with one attached hydrogen (secondary N) is 2. The molecule has 3 aromatic rings. The first-order valence-electron chi connectivity index (χ1n) is 15.3. The maximum Gasteiger partial charge on any atom is 0.408 e. The molecular formula is C36H45FN2O5. The van der Waals surface area contributed by atoms with Crippen molar-refractivity contribution in [2.45, 2.75) is 91.6 Å². The van der Waals surface area contributed by atoms with Crippen molar-refractivity contribution in [2.24, 2.45) is 5.92 Å². The van der Waals surface area contributed by atoms with E-state index in [1.54, 1.807) is 45.9 Å². The van der Waals surface area contributed by atoms with Crippen LogP contribution < -0.4 is 15.4 Å². The number of rotatable bonds is 11. The van der Waals surface area contributed by atoms with E-state index in [1.165, 1.54) is 12.8 Å². The molecule has 7 nitrogen and oxygen atoms in total. The van der Waals surface area contributed by atoms with E-state index in [0.29, 0.717) is 28.4 Å². The molecule has 4 rings (SSSR count). The van der Waals surface area contributed by atoms with Gasteiger partial charge < -0.3 is 24.8 Å². The van der Waals surface area contributed by atoms with E-state index in [1.807, 2.05) is 63.2 Å². The number of ether oxygens (including phenoxy) is 3. The van der Waals surface area contributed by atoms with Crippen molar-refractivity contribution in [3.05, 3.63) is 83.2 Å². The van der Waals surface area contributed by atoms with Crippen LogP contribution in [-0.4, -0.2) is 29.8 Å². The molecule has 1 fully saturated rings. The Balaban J connectivity index is 1.57. The van der Waals surface area contributed by atoms with Crippen LogP contribution in [-0.2, 0) is 27.3 Å². The molecule has 1 atom stereocenters. The van der Waals surface area contributed by atoms with E-state index >= 15 is 4.39 Å². The number of amides is 1. The average Bonchev–Trinajstić information content (AvgIpc) is 3.74. The lowest BCUT2D eigenvalue weighted by molar-refractivity contribution is -0.153. The second-order valence-corrected chi connectivity index (χ2v) is 13.5. The number of esters is 1. The summed E-state index contributed by atoms with van der Waals surface area (Å²) in [4.78, 5) is 24.9. The van der Waals surface area contributed by atoms with Crippen LogP contribution in [0.25, 0.3) is 11.1 Å². The molecule has 0 spiro atoms. The van der Waals surface area contributed by atoms with Crippen LogP contribution >= 0.6 is 0 Å². The van der Waals surface area contributed by atoms with Gasteiger partial charge in [0.2, 0.25) is 0 Å². The minimum atomic E-state index is -0.660. The van der Waals surface area contributed by atoms with Gasteiger partial charge in [-0.15, -0.1) is 0 Å². The summed E-state index contributed by atoms with van der Waals surface area (Å²) in [5.74, 6) is 0.502. The zero-order valence-corrected chi connectivity index (χ0v) is 26.9. The van der Waals surface area contributed by atoms with Gasteiger partial charge in [0, 0.05) is 28.9 Å². The number of para-hydroxylation sites is 1. The average molecular weight is 605 g/mol. The van der Waals surface area contributed by atoms with E-state index in [0.717, 1.165) is 23.4 Å². The highest BCUT2D eigenvalue weighted by Crippen LogP contribution is 2.33. The largest absolute Gasteiger partial charge is 0.489 e.